The van der Waals surface area contributed by atoms with E-state index in [0.29, 0.717) is 23.8 Å². The first-order valence-corrected chi connectivity index (χ1v) is 9.93. The molecule has 4 nitrogen and oxygen atoms in total. The lowest BCUT2D eigenvalue weighted by Crippen LogP contribution is -2.45. The smallest absolute Gasteiger partial charge is 0.137 e. The summed E-state index contributed by atoms with van der Waals surface area (Å²) in [4.78, 5) is 0. The highest BCUT2D eigenvalue weighted by molar-refractivity contribution is 6.30. The number of hydrogen-bond donors (Lipinski definition) is 2. The quantitative estimate of drug-likeness (QED) is 0.688. The van der Waals surface area contributed by atoms with Crippen LogP contribution in [0, 0.1) is 6.92 Å². The van der Waals surface area contributed by atoms with Gasteiger partial charge in [0.05, 0.1) is 11.4 Å². The van der Waals surface area contributed by atoms with Crippen molar-refractivity contribution in [3.8, 4) is 5.69 Å². The Balaban J connectivity index is 1.52. The van der Waals surface area contributed by atoms with Crippen molar-refractivity contribution < 1.29 is 0 Å². The third-order valence-electron chi connectivity index (χ3n) is 5.28. The maximum Gasteiger partial charge on any atom is 0.137 e. The second kappa shape index (κ2) is 8.26. The van der Waals surface area contributed by atoms with Crippen LogP contribution in [0.5, 0.6) is 0 Å². The van der Waals surface area contributed by atoms with Crippen LogP contribution in [0.3, 0.4) is 0 Å². The van der Waals surface area contributed by atoms with Gasteiger partial charge in [0.25, 0.3) is 0 Å². The van der Waals surface area contributed by atoms with Crippen molar-refractivity contribution in [2.45, 2.75) is 38.4 Å². The van der Waals surface area contributed by atoms with Gasteiger partial charge in [-0.05, 0) is 44.0 Å². The molecule has 1 aromatic heterocycles. The predicted molar refractivity (Wildman–Crippen MR) is 110 cm³/mol. The highest BCUT2D eigenvalue weighted by atomic mass is 35.5. The zero-order valence-electron chi connectivity index (χ0n) is 15.5. The normalized spacial score (nSPS) is 19.9. The molecule has 3 aromatic rings. The van der Waals surface area contributed by atoms with E-state index in [2.05, 4.69) is 46.1 Å². The lowest BCUT2D eigenvalue weighted by atomic mass is 9.92. The molecule has 1 aliphatic heterocycles. The van der Waals surface area contributed by atoms with Crippen LogP contribution in [0.15, 0.2) is 60.7 Å². The van der Waals surface area contributed by atoms with Crippen LogP contribution < -0.4 is 10.6 Å². The molecule has 140 valence electrons. The van der Waals surface area contributed by atoms with E-state index in [0.717, 1.165) is 29.9 Å². The Morgan fingerprint density at radius 3 is 2.56 bits per heavy atom. The van der Waals surface area contributed by atoms with Crippen molar-refractivity contribution in [2.75, 3.05) is 6.54 Å². The van der Waals surface area contributed by atoms with E-state index in [9.17, 15) is 0 Å². The Hall–Kier alpha value is -2.14. The Labute approximate surface area is 165 Å². The first kappa shape index (κ1) is 18.2. The Morgan fingerprint density at radius 1 is 1.11 bits per heavy atom. The first-order valence-electron chi connectivity index (χ1n) is 9.55. The van der Waals surface area contributed by atoms with Crippen LogP contribution in [0.2, 0.25) is 5.15 Å². The third-order valence-corrected chi connectivity index (χ3v) is 5.67. The number of rotatable bonds is 5. The first-order chi connectivity index (χ1) is 13.2. The lowest BCUT2D eigenvalue weighted by molar-refractivity contribution is 0.304. The van der Waals surface area contributed by atoms with Crippen molar-refractivity contribution in [2.24, 2.45) is 0 Å². The summed E-state index contributed by atoms with van der Waals surface area (Å²) in [6, 6.07) is 21.4. The molecule has 1 saturated heterocycles. The number of para-hydroxylation sites is 1. The van der Waals surface area contributed by atoms with Crippen molar-refractivity contribution in [1.82, 2.24) is 20.4 Å². The molecule has 0 spiro atoms. The highest BCUT2D eigenvalue weighted by Gasteiger charge is 2.26. The van der Waals surface area contributed by atoms with Gasteiger partial charge in [-0.3, -0.25) is 0 Å². The molecule has 5 heteroatoms. The van der Waals surface area contributed by atoms with Crippen molar-refractivity contribution in [3.05, 3.63) is 82.6 Å². The number of hydrogen-bond acceptors (Lipinski definition) is 3. The van der Waals surface area contributed by atoms with E-state index in [4.69, 9.17) is 11.6 Å². The second-order valence-electron chi connectivity index (χ2n) is 7.07. The molecule has 0 bridgehead atoms. The molecular weight excluding hydrogens is 356 g/mol. The number of aromatic nitrogens is 2. The molecule has 2 heterocycles. The fourth-order valence-electron chi connectivity index (χ4n) is 3.82. The van der Waals surface area contributed by atoms with Crippen LogP contribution in [-0.4, -0.2) is 22.4 Å². The van der Waals surface area contributed by atoms with Gasteiger partial charge >= 0.3 is 0 Å². The monoisotopic (exact) mass is 380 g/mol. The van der Waals surface area contributed by atoms with Crippen LogP contribution in [-0.2, 0) is 6.54 Å². The predicted octanol–water partition coefficient (Wildman–Crippen LogP) is 4.42. The molecule has 0 radical (unpaired) electrons. The number of nitrogens with one attached hydrogen (secondary N) is 2. The van der Waals surface area contributed by atoms with Gasteiger partial charge in [0.1, 0.15) is 5.15 Å². The van der Waals surface area contributed by atoms with Gasteiger partial charge in [0.2, 0.25) is 0 Å². The summed E-state index contributed by atoms with van der Waals surface area (Å²) in [7, 11) is 0. The van der Waals surface area contributed by atoms with Crippen LogP contribution in [0.1, 0.15) is 35.7 Å². The fourth-order valence-corrected chi connectivity index (χ4v) is 4.16. The summed E-state index contributed by atoms with van der Waals surface area (Å²) in [5.74, 6) is 0. The Bertz CT molecular complexity index is 876. The number of piperidine rings is 1. The molecule has 1 fully saturated rings. The fraction of sp³-hybridized carbons (Fsp3) is 0.318. The van der Waals surface area contributed by atoms with Crippen molar-refractivity contribution in [3.63, 3.8) is 0 Å². The standard InChI is InChI=1S/C22H25ClN4/c1-16-19(22(23)27(26-16)18-11-6-3-7-12-18)15-25-20-13-8-14-24-21(20)17-9-4-2-5-10-17/h2-7,9-12,20-21,24-25H,8,13-15H2,1H3. The minimum Gasteiger partial charge on any atom is -0.309 e. The number of benzene rings is 2. The minimum atomic E-state index is 0.322. The minimum absolute atomic E-state index is 0.322. The van der Waals surface area contributed by atoms with Crippen molar-refractivity contribution in [1.29, 1.82) is 0 Å². The molecule has 2 N–H and O–H groups in total. The largest absolute Gasteiger partial charge is 0.309 e. The molecule has 0 aliphatic carbocycles. The maximum absolute atomic E-state index is 6.68. The van der Waals surface area contributed by atoms with Gasteiger partial charge in [0, 0.05) is 24.2 Å². The van der Waals surface area contributed by atoms with E-state index in [1.54, 1.807) is 0 Å². The zero-order valence-corrected chi connectivity index (χ0v) is 16.3. The second-order valence-corrected chi connectivity index (χ2v) is 7.43. The summed E-state index contributed by atoms with van der Waals surface area (Å²) in [5, 5.41) is 12.7. The number of nitrogens with zero attached hydrogens (tertiary/aromatic N) is 2. The Morgan fingerprint density at radius 2 is 1.81 bits per heavy atom. The topological polar surface area (TPSA) is 41.9 Å². The van der Waals surface area contributed by atoms with Gasteiger partial charge in [-0.15, -0.1) is 0 Å². The molecule has 27 heavy (non-hydrogen) atoms. The summed E-state index contributed by atoms with van der Waals surface area (Å²) in [6.45, 7) is 3.80. The number of halogens is 1. The molecule has 2 unspecified atom stereocenters. The van der Waals surface area contributed by atoms with Gasteiger partial charge in [0.15, 0.2) is 0 Å². The summed E-state index contributed by atoms with van der Waals surface area (Å²) in [5.41, 5.74) is 4.35. The van der Waals surface area contributed by atoms with Gasteiger partial charge in [-0.25, -0.2) is 4.68 Å². The number of aryl methyl sites for hydroxylation is 1. The van der Waals surface area contributed by atoms with Crippen LogP contribution in [0.25, 0.3) is 5.69 Å². The van der Waals surface area contributed by atoms with Gasteiger partial charge in [-0.2, -0.15) is 5.10 Å². The van der Waals surface area contributed by atoms with Crippen LogP contribution >= 0.6 is 11.6 Å². The van der Waals surface area contributed by atoms with E-state index >= 15 is 0 Å². The Kier molecular flexibility index (Phi) is 5.58. The molecular formula is C22H25ClN4. The molecule has 0 amide bonds. The SMILES string of the molecule is Cc1nn(-c2ccccc2)c(Cl)c1CNC1CCCNC1c1ccccc1. The molecule has 4 rings (SSSR count). The zero-order chi connectivity index (χ0) is 18.6. The average molecular weight is 381 g/mol. The van der Waals surface area contributed by atoms with Crippen molar-refractivity contribution >= 4 is 11.6 Å². The molecule has 2 aromatic carbocycles. The summed E-state index contributed by atoms with van der Waals surface area (Å²) < 4.78 is 1.82. The maximum atomic E-state index is 6.68. The molecule has 0 saturated carbocycles. The van der Waals surface area contributed by atoms with Crippen LogP contribution in [0.4, 0.5) is 0 Å². The van der Waals surface area contributed by atoms with E-state index in [1.807, 2.05) is 41.9 Å². The third kappa shape index (κ3) is 3.93. The van der Waals surface area contributed by atoms with E-state index in [-0.39, 0.29) is 0 Å². The summed E-state index contributed by atoms with van der Waals surface area (Å²) in [6.07, 6.45) is 2.33. The van der Waals surface area contributed by atoms with Gasteiger partial charge in [-0.1, -0.05) is 60.1 Å². The van der Waals surface area contributed by atoms with E-state index in [1.165, 1.54) is 12.0 Å². The summed E-state index contributed by atoms with van der Waals surface area (Å²) >= 11 is 6.68. The van der Waals surface area contributed by atoms with Gasteiger partial charge < -0.3 is 10.6 Å². The molecule has 2 atom stereocenters. The highest BCUT2D eigenvalue weighted by Crippen LogP contribution is 2.26. The average Bonchev–Trinajstić information content (AvgIpc) is 3.01. The lowest BCUT2D eigenvalue weighted by Gasteiger charge is -2.34. The molecule has 1 aliphatic rings. The van der Waals surface area contributed by atoms with E-state index < -0.39 is 0 Å².